The number of aryl methyl sites for hydroxylation is 1. The van der Waals surface area contributed by atoms with Gasteiger partial charge in [0.1, 0.15) is 11.6 Å². The van der Waals surface area contributed by atoms with Crippen LogP contribution in [0.2, 0.25) is 0 Å². The van der Waals surface area contributed by atoms with E-state index in [4.69, 9.17) is 4.74 Å². The predicted octanol–water partition coefficient (Wildman–Crippen LogP) is 2.97. The van der Waals surface area contributed by atoms with E-state index in [-0.39, 0.29) is 0 Å². The summed E-state index contributed by atoms with van der Waals surface area (Å²) in [5.41, 5.74) is 1.14. The topological polar surface area (TPSA) is 47.0 Å². The zero-order valence-electron chi connectivity index (χ0n) is 12.1. The first-order chi connectivity index (χ1) is 9.31. The van der Waals surface area contributed by atoms with E-state index in [9.17, 15) is 0 Å². The second kappa shape index (κ2) is 7.43. The van der Waals surface area contributed by atoms with E-state index in [1.807, 2.05) is 0 Å². The molecule has 1 atom stereocenters. The van der Waals surface area contributed by atoms with Crippen molar-refractivity contribution in [1.82, 2.24) is 9.97 Å². The fourth-order valence-electron chi connectivity index (χ4n) is 2.47. The molecular weight excluding hydrogens is 238 g/mol. The number of aromatic nitrogens is 2. The number of anilines is 1. The highest BCUT2D eigenvalue weighted by Gasteiger charge is 2.16. The lowest BCUT2D eigenvalue weighted by atomic mass is 10.1. The first-order valence-corrected chi connectivity index (χ1v) is 7.54. The molecule has 106 valence electrons. The Balaban J connectivity index is 2.08. The van der Waals surface area contributed by atoms with Crippen LogP contribution >= 0.6 is 0 Å². The molecule has 0 saturated carbocycles. The number of hydrogen-bond acceptors (Lipinski definition) is 4. The molecule has 1 aliphatic heterocycles. The smallest absolute Gasteiger partial charge is 0.133 e. The van der Waals surface area contributed by atoms with Crippen LogP contribution in [0.4, 0.5) is 5.82 Å². The quantitative estimate of drug-likeness (QED) is 0.857. The zero-order chi connectivity index (χ0) is 13.5. The minimum Gasteiger partial charge on any atom is -0.378 e. The summed E-state index contributed by atoms with van der Waals surface area (Å²) in [7, 11) is 0. The number of hydrogen-bond donors (Lipinski definition) is 1. The van der Waals surface area contributed by atoms with Crippen LogP contribution in [0.25, 0.3) is 0 Å². The molecule has 1 aliphatic rings. The number of nitrogens with zero attached hydrogens (tertiary/aromatic N) is 2. The molecular formula is C15H25N3O. The predicted molar refractivity (Wildman–Crippen MR) is 77.5 cm³/mol. The Morgan fingerprint density at radius 2 is 2.21 bits per heavy atom. The number of nitrogens with one attached hydrogen (secondary N) is 1. The highest BCUT2D eigenvalue weighted by atomic mass is 16.5. The number of rotatable bonds is 6. The van der Waals surface area contributed by atoms with Gasteiger partial charge in [-0.15, -0.1) is 0 Å². The van der Waals surface area contributed by atoms with E-state index in [0.29, 0.717) is 6.10 Å². The Morgan fingerprint density at radius 1 is 1.32 bits per heavy atom. The maximum absolute atomic E-state index is 5.78. The van der Waals surface area contributed by atoms with Crippen molar-refractivity contribution in [2.75, 3.05) is 18.5 Å². The van der Waals surface area contributed by atoms with Crippen molar-refractivity contribution in [3.63, 3.8) is 0 Å². The van der Waals surface area contributed by atoms with Crippen LogP contribution in [0, 0.1) is 0 Å². The molecule has 4 heteroatoms. The van der Waals surface area contributed by atoms with E-state index in [1.54, 1.807) is 0 Å². The zero-order valence-corrected chi connectivity index (χ0v) is 12.1. The minimum atomic E-state index is 0.306. The molecule has 1 aromatic rings. The second-order valence-corrected chi connectivity index (χ2v) is 5.13. The molecule has 0 amide bonds. The molecule has 1 N–H and O–H groups in total. The van der Waals surface area contributed by atoms with Crippen LogP contribution in [0.15, 0.2) is 6.07 Å². The van der Waals surface area contributed by atoms with E-state index in [0.717, 1.165) is 56.2 Å². The third kappa shape index (κ3) is 4.46. The Hall–Kier alpha value is -1.16. The van der Waals surface area contributed by atoms with Gasteiger partial charge in [0.2, 0.25) is 0 Å². The molecule has 0 spiro atoms. The molecule has 0 aromatic carbocycles. The average molecular weight is 263 g/mol. The van der Waals surface area contributed by atoms with Gasteiger partial charge in [0.05, 0.1) is 6.10 Å². The highest BCUT2D eigenvalue weighted by molar-refractivity contribution is 5.36. The van der Waals surface area contributed by atoms with Gasteiger partial charge < -0.3 is 10.1 Å². The van der Waals surface area contributed by atoms with Crippen molar-refractivity contribution in [1.29, 1.82) is 0 Å². The van der Waals surface area contributed by atoms with Crippen LogP contribution < -0.4 is 5.32 Å². The summed E-state index contributed by atoms with van der Waals surface area (Å²) >= 11 is 0. The van der Waals surface area contributed by atoms with Crippen molar-refractivity contribution in [2.45, 2.75) is 58.5 Å². The summed E-state index contributed by atoms with van der Waals surface area (Å²) < 4.78 is 5.78. The first kappa shape index (κ1) is 14.3. The van der Waals surface area contributed by atoms with Crippen molar-refractivity contribution < 1.29 is 4.74 Å². The molecule has 0 aliphatic carbocycles. The highest BCUT2D eigenvalue weighted by Crippen LogP contribution is 2.17. The lowest BCUT2D eigenvalue weighted by Crippen LogP contribution is -2.23. The maximum Gasteiger partial charge on any atom is 0.133 e. The molecule has 2 rings (SSSR count). The van der Waals surface area contributed by atoms with Gasteiger partial charge in [0, 0.05) is 31.3 Å². The van der Waals surface area contributed by atoms with Gasteiger partial charge >= 0.3 is 0 Å². The monoisotopic (exact) mass is 263 g/mol. The Bertz CT molecular complexity index is 365. The molecule has 0 radical (unpaired) electrons. The SMILES string of the molecule is CCCc1cc(NCC)nc(CC2CCCCO2)n1. The fourth-order valence-corrected chi connectivity index (χ4v) is 2.47. The van der Waals surface area contributed by atoms with Gasteiger partial charge in [-0.1, -0.05) is 13.3 Å². The van der Waals surface area contributed by atoms with Crippen molar-refractivity contribution in [3.8, 4) is 0 Å². The van der Waals surface area contributed by atoms with Gasteiger partial charge in [-0.25, -0.2) is 9.97 Å². The van der Waals surface area contributed by atoms with Crippen molar-refractivity contribution >= 4 is 5.82 Å². The fraction of sp³-hybridized carbons (Fsp3) is 0.733. The normalized spacial score (nSPS) is 19.4. The van der Waals surface area contributed by atoms with Crippen LogP contribution in [0.3, 0.4) is 0 Å². The van der Waals surface area contributed by atoms with Crippen molar-refractivity contribution in [3.05, 3.63) is 17.6 Å². The summed E-state index contributed by atoms with van der Waals surface area (Å²) in [4.78, 5) is 9.27. The third-order valence-corrected chi connectivity index (χ3v) is 3.37. The van der Waals surface area contributed by atoms with Gasteiger partial charge in [-0.05, 0) is 32.6 Å². The van der Waals surface area contributed by atoms with Crippen LogP contribution in [0.1, 0.15) is 51.0 Å². The Morgan fingerprint density at radius 3 is 2.89 bits per heavy atom. The molecule has 1 saturated heterocycles. The largest absolute Gasteiger partial charge is 0.378 e. The van der Waals surface area contributed by atoms with E-state index >= 15 is 0 Å². The second-order valence-electron chi connectivity index (χ2n) is 5.13. The molecule has 19 heavy (non-hydrogen) atoms. The van der Waals surface area contributed by atoms with Crippen LogP contribution in [-0.2, 0) is 17.6 Å². The standard InChI is InChI=1S/C15H25N3O/c1-3-7-12-10-14(16-4-2)18-15(17-12)11-13-8-5-6-9-19-13/h10,13H,3-9,11H2,1-2H3,(H,16,17,18). The molecule has 1 unspecified atom stereocenters. The van der Waals surface area contributed by atoms with Crippen molar-refractivity contribution in [2.24, 2.45) is 0 Å². The molecule has 0 bridgehead atoms. The Kier molecular flexibility index (Phi) is 5.58. The first-order valence-electron chi connectivity index (χ1n) is 7.54. The average Bonchev–Trinajstić information content (AvgIpc) is 2.40. The summed E-state index contributed by atoms with van der Waals surface area (Å²) in [5.74, 6) is 1.88. The Labute approximate surface area is 116 Å². The van der Waals surface area contributed by atoms with E-state index in [2.05, 4.69) is 35.2 Å². The maximum atomic E-state index is 5.78. The summed E-state index contributed by atoms with van der Waals surface area (Å²) in [6.45, 7) is 6.05. The third-order valence-electron chi connectivity index (χ3n) is 3.37. The molecule has 2 heterocycles. The summed E-state index contributed by atoms with van der Waals surface area (Å²) in [6, 6.07) is 2.07. The summed E-state index contributed by atoms with van der Waals surface area (Å²) in [6.07, 6.45) is 6.87. The number of ether oxygens (including phenoxy) is 1. The molecule has 1 aromatic heterocycles. The van der Waals surface area contributed by atoms with Gasteiger partial charge in [0.25, 0.3) is 0 Å². The minimum absolute atomic E-state index is 0.306. The molecule has 1 fully saturated rings. The summed E-state index contributed by atoms with van der Waals surface area (Å²) in [5, 5.41) is 3.29. The lowest BCUT2D eigenvalue weighted by Gasteiger charge is -2.22. The van der Waals surface area contributed by atoms with E-state index < -0.39 is 0 Å². The van der Waals surface area contributed by atoms with Crippen LogP contribution in [0.5, 0.6) is 0 Å². The molecule has 4 nitrogen and oxygen atoms in total. The lowest BCUT2D eigenvalue weighted by molar-refractivity contribution is 0.0156. The van der Waals surface area contributed by atoms with Gasteiger partial charge in [-0.3, -0.25) is 0 Å². The van der Waals surface area contributed by atoms with E-state index in [1.165, 1.54) is 12.8 Å². The van der Waals surface area contributed by atoms with Gasteiger partial charge in [-0.2, -0.15) is 0 Å². The van der Waals surface area contributed by atoms with Gasteiger partial charge in [0.15, 0.2) is 0 Å². The van der Waals surface area contributed by atoms with Crippen LogP contribution in [-0.4, -0.2) is 29.2 Å².